The van der Waals surface area contributed by atoms with E-state index in [1.165, 1.54) is 24.0 Å². The Morgan fingerprint density at radius 1 is 1.04 bits per heavy atom. The Balaban J connectivity index is 1.59. The lowest BCUT2D eigenvalue weighted by Crippen LogP contribution is -2.37. The van der Waals surface area contributed by atoms with Gasteiger partial charge in [-0.3, -0.25) is 4.79 Å². The topological polar surface area (TPSA) is 38.8 Å². The summed E-state index contributed by atoms with van der Waals surface area (Å²) in [6.07, 6.45) is 4.23. The second kappa shape index (κ2) is 8.26. The first kappa shape index (κ1) is 18.3. The van der Waals surface area contributed by atoms with Crippen LogP contribution in [0.15, 0.2) is 42.5 Å². The Bertz CT molecular complexity index is 754. The Kier molecular flexibility index (Phi) is 5.82. The molecular formula is C22H27NO3. The van der Waals surface area contributed by atoms with E-state index in [0.29, 0.717) is 6.54 Å². The first-order valence-corrected chi connectivity index (χ1v) is 9.23. The molecule has 1 aliphatic rings. The number of carbonyl (C=O) groups excluding carboxylic acids is 1. The van der Waals surface area contributed by atoms with Gasteiger partial charge in [-0.2, -0.15) is 0 Å². The van der Waals surface area contributed by atoms with Crippen LogP contribution in [0.4, 0.5) is 0 Å². The van der Waals surface area contributed by atoms with Crippen LogP contribution in [0.25, 0.3) is 0 Å². The Labute approximate surface area is 155 Å². The summed E-state index contributed by atoms with van der Waals surface area (Å²) in [6.45, 7) is 2.35. The van der Waals surface area contributed by atoms with E-state index in [4.69, 9.17) is 9.47 Å². The molecule has 2 aromatic carbocycles. The molecule has 0 bridgehead atoms. The second-order valence-corrected chi connectivity index (χ2v) is 6.94. The fourth-order valence-electron chi connectivity index (χ4n) is 3.43. The molecule has 138 valence electrons. The summed E-state index contributed by atoms with van der Waals surface area (Å²) in [6, 6.07) is 14.0. The maximum Gasteiger partial charge on any atom is 0.263 e. The number of likely N-dealkylation sites (N-methyl/N-ethyl adjacent to an activating group) is 1. The lowest BCUT2D eigenvalue weighted by Gasteiger charge is -2.23. The lowest BCUT2D eigenvalue weighted by atomic mass is 9.92. The number of fused-ring (bicyclic) bond motifs is 1. The summed E-state index contributed by atoms with van der Waals surface area (Å²) in [7, 11) is 3.45. The molecule has 0 saturated heterocycles. The van der Waals surface area contributed by atoms with Gasteiger partial charge in [-0.1, -0.05) is 18.2 Å². The highest BCUT2D eigenvalue weighted by Crippen LogP contribution is 2.26. The minimum absolute atomic E-state index is 0.0291. The Morgan fingerprint density at radius 2 is 1.69 bits per heavy atom. The van der Waals surface area contributed by atoms with E-state index in [0.717, 1.165) is 29.9 Å². The number of nitrogens with zero attached hydrogens (tertiary/aromatic N) is 1. The fourth-order valence-corrected chi connectivity index (χ4v) is 3.43. The smallest absolute Gasteiger partial charge is 0.263 e. The molecule has 2 aromatic rings. The van der Waals surface area contributed by atoms with Crippen molar-refractivity contribution in [3.05, 3.63) is 59.2 Å². The quantitative estimate of drug-likeness (QED) is 0.788. The molecule has 0 N–H and O–H groups in total. The molecule has 0 fully saturated rings. The Hall–Kier alpha value is -2.49. The average Bonchev–Trinajstić information content (AvgIpc) is 2.67. The monoisotopic (exact) mass is 353 g/mol. The van der Waals surface area contributed by atoms with Gasteiger partial charge in [0, 0.05) is 13.6 Å². The van der Waals surface area contributed by atoms with Gasteiger partial charge in [-0.15, -0.1) is 0 Å². The predicted molar refractivity (Wildman–Crippen MR) is 103 cm³/mol. The van der Waals surface area contributed by atoms with Crippen molar-refractivity contribution in [2.75, 3.05) is 14.2 Å². The maximum atomic E-state index is 12.6. The van der Waals surface area contributed by atoms with E-state index < -0.39 is 6.10 Å². The first-order chi connectivity index (χ1) is 12.6. The van der Waals surface area contributed by atoms with Crippen molar-refractivity contribution in [2.24, 2.45) is 0 Å². The van der Waals surface area contributed by atoms with Crippen molar-refractivity contribution >= 4 is 5.91 Å². The van der Waals surface area contributed by atoms with Crippen LogP contribution >= 0.6 is 0 Å². The summed E-state index contributed by atoms with van der Waals surface area (Å²) in [5, 5.41) is 0. The van der Waals surface area contributed by atoms with Crippen molar-refractivity contribution < 1.29 is 14.3 Å². The molecule has 1 amide bonds. The van der Waals surface area contributed by atoms with Gasteiger partial charge in [0.25, 0.3) is 5.91 Å². The fraction of sp³-hybridized carbons (Fsp3) is 0.409. The van der Waals surface area contributed by atoms with Crippen LogP contribution < -0.4 is 9.47 Å². The number of hydrogen-bond acceptors (Lipinski definition) is 3. The largest absolute Gasteiger partial charge is 0.497 e. The summed E-state index contributed by atoms with van der Waals surface area (Å²) in [5.74, 6) is 1.56. The molecule has 4 heteroatoms. The molecule has 26 heavy (non-hydrogen) atoms. The number of aryl methyl sites for hydroxylation is 2. The van der Waals surface area contributed by atoms with Crippen LogP contribution in [0, 0.1) is 0 Å². The lowest BCUT2D eigenvalue weighted by molar-refractivity contribution is -0.137. The maximum absolute atomic E-state index is 12.6. The van der Waals surface area contributed by atoms with Gasteiger partial charge < -0.3 is 14.4 Å². The van der Waals surface area contributed by atoms with Crippen LogP contribution in [0.1, 0.15) is 36.5 Å². The highest BCUT2D eigenvalue weighted by Gasteiger charge is 2.20. The molecule has 1 unspecified atom stereocenters. The SMILES string of the molecule is COc1ccc(CN(C)C(=O)C(C)Oc2ccc3c(c2)CCCC3)cc1. The summed E-state index contributed by atoms with van der Waals surface area (Å²) in [4.78, 5) is 14.3. The van der Waals surface area contributed by atoms with Crippen molar-refractivity contribution in [1.29, 1.82) is 0 Å². The average molecular weight is 353 g/mol. The molecule has 0 radical (unpaired) electrons. The molecule has 3 rings (SSSR count). The summed E-state index contributed by atoms with van der Waals surface area (Å²) < 4.78 is 11.1. The van der Waals surface area contributed by atoms with Gasteiger partial charge in [0.2, 0.25) is 0 Å². The second-order valence-electron chi connectivity index (χ2n) is 6.94. The number of rotatable bonds is 6. The van der Waals surface area contributed by atoms with E-state index in [2.05, 4.69) is 12.1 Å². The molecule has 4 nitrogen and oxygen atoms in total. The van der Waals surface area contributed by atoms with E-state index in [1.54, 1.807) is 19.1 Å². The van der Waals surface area contributed by atoms with E-state index in [9.17, 15) is 4.79 Å². The minimum Gasteiger partial charge on any atom is -0.497 e. The van der Waals surface area contributed by atoms with Gasteiger partial charge in [0.05, 0.1) is 7.11 Å². The van der Waals surface area contributed by atoms with Crippen molar-refractivity contribution in [1.82, 2.24) is 4.90 Å². The van der Waals surface area contributed by atoms with Gasteiger partial charge >= 0.3 is 0 Å². The van der Waals surface area contributed by atoms with E-state index in [1.807, 2.05) is 37.3 Å². The third-order valence-electron chi connectivity index (χ3n) is 4.94. The van der Waals surface area contributed by atoms with Crippen LogP contribution in [0.3, 0.4) is 0 Å². The van der Waals surface area contributed by atoms with Crippen LogP contribution in [-0.2, 0) is 24.2 Å². The zero-order valence-electron chi connectivity index (χ0n) is 15.8. The molecule has 0 heterocycles. The summed E-state index contributed by atoms with van der Waals surface area (Å²) >= 11 is 0. The minimum atomic E-state index is -0.514. The van der Waals surface area contributed by atoms with Crippen LogP contribution in [-0.4, -0.2) is 31.1 Å². The molecule has 0 aliphatic heterocycles. The van der Waals surface area contributed by atoms with Crippen LogP contribution in [0.2, 0.25) is 0 Å². The first-order valence-electron chi connectivity index (χ1n) is 9.23. The third kappa shape index (κ3) is 4.37. The molecule has 0 spiro atoms. The molecule has 1 aliphatic carbocycles. The number of amides is 1. The van der Waals surface area contributed by atoms with Gasteiger partial charge in [0.1, 0.15) is 11.5 Å². The predicted octanol–water partition coefficient (Wildman–Crippen LogP) is 4.00. The highest BCUT2D eigenvalue weighted by atomic mass is 16.5. The number of carbonyl (C=O) groups is 1. The zero-order valence-corrected chi connectivity index (χ0v) is 15.8. The number of benzene rings is 2. The van der Waals surface area contributed by atoms with Gasteiger partial charge in [-0.25, -0.2) is 0 Å². The van der Waals surface area contributed by atoms with Crippen LogP contribution in [0.5, 0.6) is 11.5 Å². The van der Waals surface area contributed by atoms with Crippen molar-refractivity contribution in [2.45, 2.75) is 45.3 Å². The number of hydrogen-bond donors (Lipinski definition) is 0. The van der Waals surface area contributed by atoms with E-state index >= 15 is 0 Å². The highest BCUT2D eigenvalue weighted by molar-refractivity contribution is 5.80. The molecule has 1 atom stereocenters. The molecule has 0 aromatic heterocycles. The normalized spacial score (nSPS) is 14.3. The summed E-state index contributed by atoms with van der Waals surface area (Å²) in [5.41, 5.74) is 3.84. The van der Waals surface area contributed by atoms with Gasteiger partial charge in [0.15, 0.2) is 6.10 Å². The van der Waals surface area contributed by atoms with Crippen molar-refractivity contribution in [3.63, 3.8) is 0 Å². The number of ether oxygens (including phenoxy) is 2. The third-order valence-corrected chi connectivity index (χ3v) is 4.94. The van der Waals surface area contributed by atoms with E-state index in [-0.39, 0.29) is 5.91 Å². The standard InChI is InChI=1S/C22H27NO3/c1-16(26-21-13-10-18-6-4-5-7-19(18)14-21)22(24)23(2)15-17-8-11-20(25-3)12-9-17/h8-14,16H,4-7,15H2,1-3H3. The number of methoxy groups -OCH3 is 1. The van der Waals surface area contributed by atoms with Crippen molar-refractivity contribution in [3.8, 4) is 11.5 Å². The Morgan fingerprint density at radius 3 is 2.38 bits per heavy atom. The van der Waals surface area contributed by atoms with Gasteiger partial charge in [-0.05, 0) is 73.6 Å². The molecular weight excluding hydrogens is 326 g/mol. The zero-order chi connectivity index (χ0) is 18.5. The molecule has 0 saturated carbocycles.